The van der Waals surface area contributed by atoms with Crippen molar-refractivity contribution in [3.63, 3.8) is 0 Å². The summed E-state index contributed by atoms with van der Waals surface area (Å²) < 4.78 is 11.5. The first-order valence-electron chi connectivity index (χ1n) is 11.3. The van der Waals surface area contributed by atoms with E-state index >= 15 is 0 Å². The van der Waals surface area contributed by atoms with Crippen molar-refractivity contribution in [2.75, 3.05) is 13.2 Å². The van der Waals surface area contributed by atoms with E-state index in [1.165, 1.54) is 11.0 Å². The third-order valence-corrected chi connectivity index (χ3v) is 6.50. The summed E-state index contributed by atoms with van der Waals surface area (Å²) in [6, 6.07) is 20.8. The van der Waals surface area contributed by atoms with Gasteiger partial charge in [0.25, 0.3) is 0 Å². The Balaban J connectivity index is 1.34. The van der Waals surface area contributed by atoms with Crippen molar-refractivity contribution in [2.45, 2.75) is 25.4 Å². The lowest BCUT2D eigenvalue weighted by molar-refractivity contribution is 0.0254. The molecule has 2 aromatic heterocycles. The highest BCUT2D eigenvalue weighted by Gasteiger charge is 2.22. The summed E-state index contributed by atoms with van der Waals surface area (Å²) in [5.74, 6) is 0.646. The second-order valence-corrected chi connectivity index (χ2v) is 8.59. The minimum atomic E-state index is 0.101. The number of pyridine rings is 1. The fraction of sp³-hybridized carbons (Fsp3) is 0.214. The molecule has 1 N–H and O–H groups in total. The Bertz CT molecular complexity index is 1390. The fourth-order valence-electron chi connectivity index (χ4n) is 4.76. The lowest BCUT2D eigenvalue weighted by atomic mass is 9.98. The highest BCUT2D eigenvalue weighted by molar-refractivity contribution is 5.95. The highest BCUT2D eigenvalue weighted by Crippen LogP contribution is 2.38. The number of nitriles is 1. The average Bonchev–Trinajstić information content (AvgIpc) is 3.49. The van der Waals surface area contributed by atoms with Gasteiger partial charge >= 0.3 is 0 Å². The van der Waals surface area contributed by atoms with Crippen LogP contribution in [-0.2, 0) is 11.2 Å². The van der Waals surface area contributed by atoms with Crippen LogP contribution < -0.4 is 4.74 Å². The van der Waals surface area contributed by atoms with Gasteiger partial charge < -0.3 is 14.5 Å². The molecular weight excluding hydrogens is 410 g/mol. The zero-order valence-corrected chi connectivity index (χ0v) is 18.2. The molecule has 2 aliphatic rings. The number of hydrogen-bond acceptors (Lipinski definition) is 4. The summed E-state index contributed by atoms with van der Waals surface area (Å²) in [6.45, 7) is 1.41. The molecule has 2 aromatic carbocycles. The first-order chi connectivity index (χ1) is 16.3. The van der Waals surface area contributed by atoms with E-state index < -0.39 is 0 Å². The van der Waals surface area contributed by atoms with Gasteiger partial charge in [-0.15, -0.1) is 0 Å². The standard InChI is InChI=1S/C28H23N3O2/c29-17-21-13-18(5-6-28(21)33-22-8-11-32-12-9-22)23-7-10-30-27-16-20(14-24(23)27)26-15-19-3-1-2-4-25(19)31-26/h1-7,10,13-15,22,31H,8-9,11-12,16H2. The van der Waals surface area contributed by atoms with Crippen LogP contribution in [0.25, 0.3) is 33.7 Å². The molecule has 5 heteroatoms. The van der Waals surface area contributed by atoms with Crippen molar-refractivity contribution in [1.82, 2.24) is 9.97 Å². The van der Waals surface area contributed by atoms with E-state index in [-0.39, 0.29) is 6.10 Å². The van der Waals surface area contributed by atoms with Crippen molar-refractivity contribution in [3.05, 3.63) is 83.3 Å². The summed E-state index contributed by atoms with van der Waals surface area (Å²) in [7, 11) is 0. The average molecular weight is 434 g/mol. The Morgan fingerprint density at radius 2 is 1.94 bits per heavy atom. The van der Waals surface area contributed by atoms with Crippen molar-refractivity contribution in [2.24, 2.45) is 0 Å². The number of aromatic nitrogens is 2. The molecule has 1 aliphatic carbocycles. The first-order valence-corrected chi connectivity index (χ1v) is 11.3. The van der Waals surface area contributed by atoms with E-state index in [2.05, 4.69) is 46.4 Å². The molecular formula is C28H23N3O2. The van der Waals surface area contributed by atoms with Gasteiger partial charge in [0.05, 0.1) is 24.5 Å². The predicted octanol–water partition coefficient (Wildman–Crippen LogP) is 5.76. The van der Waals surface area contributed by atoms with Crippen molar-refractivity contribution in [3.8, 4) is 22.9 Å². The number of hydrogen-bond donors (Lipinski definition) is 1. The fourth-order valence-corrected chi connectivity index (χ4v) is 4.76. The van der Waals surface area contributed by atoms with Gasteiger partial charge in [0.2, 0.25) is 0 Å². The minimum absolute atomic E-state index is 0.101. The van der Waals surface area contributed by atoms with Gasteiger partial charge in [0, 0.05) is 42.2 Å². The Morgan fingerprint density at radius 1 is 1.06 bits per heavy atom. The van der Waals surface area contributed by atoms with E-state index in [0.29, 0.717) is 24.5 Å². The lowest BCUT2D eigenvalue weighted by Crippen LogP contribution is -2.26. The van der Waals surface area contributed by atoms with Crippen LogP contribution in [0.3, 0.4) is 0 Å². The number of benzene rings is 2. The molecule has 162 valence electrons. The second kappa shape index (κ2) is 8.23. The zero-order chi connectivity index (χ0) is 22.2. The largest absolute Gasteiger partial charge is 0.489 e. The topological polar surface area (TPSA) is 70.9 Å². The first kappa shape index (κ1) is 19.8. The number of fused-ring (bicyclic) bond motifs is 2. The van der Waals surface area contributed by atoms with Gasteiger partial charge in [0.15, 0.2) is 0 Å². The molecule has 4 aromatic rings. The molecule has 1 aliphatic heterocycles. The summed E-state index contributed by atoms with van der Waals surface area (Å²) in [5.41, 5.74) is 8.30. The number of aromatic amines is 1. The van der Waals surface area contributed by atoms with Crippen molar-refractivity contribution in [1.29, 1.82) is 5.26 Å². The lowest BCUT2D eigenvalue weighted by Gasteiger charge is -2.24. The number of H-pyrrole nitrogens is 1. The number of rotatable bonds is 4. The Morgan fingerprint density at radius 3 is 2.79 bits per heavy atom. The molecule has 5 nitrogen and oxygen atoms in total. The highest BCUT2D eigenvalue weighted by atomic mass is 16.5. The van der Waals surface area contributed by atoms with Gasteiger partial charge in [-0.2, -0.15) is 5.26 Å². The molecule has 6 rings (SSSR count). The van der Waals surface area contributed by atoms with E-state index in [0.717, 1.165) is 52.9 Å². The van der Waals surface area contributed by atoms with Crippen LogP contribution in [-0.4, -0.2) is 29.3 Å². The minimum Gasteiger partial charge on any atom is -0.489 e. The maximum Gasteiger partial charge on any atom is 0.137 e. The second-order valence-electron chi connectivity index (χ2n) is 8.59. The number of allylic oxidation sites excluding steroid dienone is 1. The van der Waals surface area contributed by atoms with Crippen molar-refractivity contribution < 1.29 is 9.47 Å². The van der Waals surface area contributed by atoms with E-state index in [4.69, 9.17) is 9.47 Å². The van der Waals surface area contributed by atoms with E-state index in [1.807, 2.05) is 36.5 Å². The normalized spacial score (nSPS) is 15.8. The van der Waals surface area contributed by atoms with Gasteiger partial charge in [-0.3, -0.25) is 4.98 Å². The number of nitrogens with one attached hydrogen (secondary N) is 1. The van der Waals surface area contributed by atoms with Gasteiger partial charge in [0.1, 0.15) is 17.9 Å². The Kier molecular flexibility index (Phi) is 4.93. The molecule has 0 saturated carbocycles. The zero-order valence-electron chi connectivity index (χ0n) is 18.2. The van der Waals surface area contributed by atoms with Crippen LogP contribution in [0.4, 0.5) is 0 Å². The number of nitrogens with zero attached hydrogens (tertiary/aromatic N) is 2. The van der Waals surface area contributed by atoms with Crippen LogP contribution in [0.2, 0.25) is 0 Å². The molecule has 3 heterocycles. The SMILES string of the molecule is N#Cc1cc(-c2ccnc3c2C=C(c2cc4ccccc4[nH]2)C3)ccc1OC1CCOCC1. The third-order valence-electron chi connectivity index (χ3n) is 6.50. The monoisotopic (exact) mass is 433 g/mol. The summed E-state index contributed by atoms with van der Waals surface area (Å²) in [6.07, 6.45) is 6.67. The quantitative estimate of drug-likeness (QED) is 0.444. The predicted molar refractivity (Wildman–Crippen MR) is 129 cm³/mol. The molecule has 0 bridgehead atoms. The van der Waals surface area contributed by atoms with Crippen LogP contribution in [0.1, 0.15) is 35.4 Å². The summed E-state index contributed by atoms with van der Waals surface area (Å²) >= 11 is 0. The maximum absolute atomic E-state index is 9.79. The van der Waals surface area contributed by atoms with E-state index in [9.17, 15) is 5.26 Å². The molecule has 33 heavy (non-hydrogen) atoms. The third kappa shape index (κ3) is 3.69. The smallest absolute Gasteiger partial charge is 0.137 e. The molecule has 1 fully saturated rings. The molecule has 0 unspecified atom stereocenters. The summed E-state index contributed by atoms with van der Waals surface area (Å²) in [5, 5.41) is 11.0. The summed E-state index contributed by atoms with van der Waals surface area (Å²) in [4.78, 5) is 8.18. The Labute approximate surface area is 192 Å². The van der Waals surface area contributed by atoms with Crippen LogP contribution in [0, 0.1) is 11.3 Å². The molecule has 0 spiro atoms. The van der Waals surface area contributed by atoms with Gasteiger partial charge in [-0.25, -0.2) is 0 Å². The van der Waals surface area contributed by atoms with Crippen LogP contribution in [0.5, 0.6) is 5.75 Å². The van der Waals surface area contributed by atoms with Crippen LogP contribution >= 0.6 is 0 Å². The van der Waals surface area contributed by atoms with Gasteiger partial charge in [-0.05, 0) is 58.5 Å². The molecule has 0 amide bonds. The van der Waals surface area contributed by atoms with E-state index in [1.54, 1.807) is 0 Å². The number of para-hydroxylation sites is 1. The Hall–Kier alpha value is -3.88. The number of ether oxygens (including phenoxy) is 2. The molecule has 0 radical (unpaired) electrons. The van der Waals surface area contributed by atoms with Gasteiger partial charge in [-0.1, -0.05) is 24.3 Å². The van der Waals surface area contributed by atoms with Crippen molar-refractivity contribution >= 4 is 22.6 Å². The van der Waals surface area contributed by atoms with Crippen LogP contribution in [0.15, 0.2) is 60.8 Å². The molecule has 0 atom stereocenters. The maximum atomic E-state index is 9.79. The molecule has 1 saturated heterocycles.